The van der Waals surface area contributed by atoms with Crippen LogP contribution in [0.5, 0.6) is 0 Å². The van der Waals surface area contributed by atoms with E-state index in [0.717, 1.165) is 31.2 Å². The summed E-state index contributed by atoms with van der Waals surface area (Å²) in [5.74, 6) is -0.970. The molecule has 0 radical (unpaired) electrons. The molecule has 1 N–H and O–H groups in total. The van der Waals surface area contributed by atoms with Crippen molar-refractivity contribution in [1.82, 2.24) is 9.62 Å². The Morgan fingerprint density at radius 3 is 2.39 bits per heavy atom. The minimum absolute atomic E-state index is 0.0169. The molecule has 2 rings (SSSR count). The molecule has 28 heavy (non-hydrogen) atoms. The first kappa shape index (κ1) is 22.4. The molecule has 1 fully saturated rings. The highest BCUT2D eigenvalue weighted by atomic mass is 32.2. The Kier molecular flexibility index (Phi) is 8.44. The van der Waals surface area contributed by atoms with Crippen LogP contribution in [0.25, 0.3) is 0 Å². The first-order valence-corrected chi connectivity index (χ1v) is 11.3. The topological polar surface area (TPSA) is 92.8 Å². The summed E-state index contributed by atoms with van der Waals surface area (Å²) in [4.78, 5) is 25.6. The van der Waals surface area contributed by atoms with E-state index in [0.29, 0.717) is 5.92 Å². The van der Waals surface area contributed by atoms with Crippen molar-refractivity contribution in [3.8, 4) is 0 Å². The number of amides is 1. The van der Waals surface area contributed by atoms with Gasteiger partial charge in [-0.05, 0) is 37.2 Å². The lowest BCUT2D eigenvalue weighted by molar-refractivity contribution is -0.141. The Hall–Kier alpha value is -1.93. The molecular weight excluding hydrogens is 380 g/mol. The molecule has 0 saturated heterocycles. The number of hydrogen-bond donors (Lipinski definition) is 1. The van der Waals surface area contributed by atoms with Gasteiger partial charge in [0.25, 0.3) is 0 Å². The third-order valence-electron chi connectivity index (χ3n) is 5.06. The number of sulfonamides is 1. The molecule has 0 aromatic heterocycles. The monoisotopic (exact) mass is 410 g/mol. The Balaban J connectivity index is 1.99. The number of ether oxygens (including phenoxy) is 1. The van der Waals surface area contributed by atoms with E-state index < -0.39 is 27.7 Å². The van der Waals surface area contributed by atoms with Crippen LogP contribution in [0.3, 0.4) is 0 Å². The van der Waals surface area contributed by atoms with Crippen molar-refractivity contribution in [1.29, 1.82) is 0 Å². The number of carbonyl (C=O) groups excluding carboxylic acids is 2. The third kappa shape index (κ3) is 7.59. The number of methoxy groups -OCH3 is 1. The van der Waals surface area contributed by atoms with Crippen LogP contribution in [0, 0.1) is 5.92 Å². The number of carbonyl (C=O) groups is 2. The molecule has 0 heterocycles. The fourth-order valence-corrected chi connectivity index (χ4v) is 4.69. The lowest BCUT2D eigenvalue weighted by Crippen LogP contribution is -2.44. The SMILES string of the molecule is COC(=O)CCN(Cc1ccccc1)C(=O)CS(=O)(=O)NC1CCC(C)CC1. The Labute approximate surface area is 167 Å². The van der Waals surface area contributed by atoms with Crippen LogP contribution < -0.4 is 4.72 Å². The fraction of sp³-hybridized carbons (Fsp3) is 0.600. The maximum atomic E-state index is 12.7. The summed E-state index contributed by atoms with van der Waals surface area (Å²) >= 11 is 0. The van der Waals surface area contributed by atoms with Gasteiger partial charge in [0.05, 0.1) is 13.5 Å². The zero-order valence-electron chi connectivity index (χ0n) is 16.6. The van der Waals surface area contributed by atoms with E-state index in [4.69, 9.17) is 0 Å². The van der Waals surface area contributed by atoms with Crippen molar-refractivity contribution in [3.05, 3.63) is 35.9 Å². The predicted octanol–water partition coefficient (Wildman–Crippen LogP) is 2.08. The van der Waals surface area contributed by atoms with Crippen LogP contribution in [0.1, 0.15) is 44.6 Å². The van der Waals surface area contributed by atoms with E-state index in [2.05, 4.69) is 16.4 Å². The summed E-state index contributed by atoms with van der Waals surface area (Å²) in [6.07, 6.45) is 3.58. The van der Waals surface area contributed by atoms with Crippen molar-refractivity contribution in [2.24, 2.45) is 5.92 Å². The van der Waals surface area contributed by atoms with Crippen molar-refractivity contribution < 1.29 is 22.7 Å². The standard InChI is InChI=1S/C20H30N2O5S/c1-16-8-10-18(11-9-16)21-28(25,26)15-19(23)22(13-12-20(24)27-2)14-17-6-4-3-5-7-17/h3-7,16,18,21H,8-15H2,1-2H3. The van der Waals surface area contributed by atoms with Crippen LogP contribution in [-0.2, 0) is 30.9 Å². The van der Waals surface area contributed by atoms with Gasteiger partial charge in [0.15, 0.2) is 0 Å². The predicted molar refractivity (Wildman–Crippen MR) is 107 cm³/mol. The molecule has 0 bridgehead atoms. The number of nitrogens with zero attached hydrogens (tertiary/aromatic N) is 1. The Bertz CT molecular complexity index is 743. The second-order valence-electron chi connectivity index (χ2n) is 7.46. The van der Waals surface area contributed by atoms with E-state index in [-0.39, 0.29) is 25.6 Å². The van der Waals surface area contributed by atoms with Crippen LogP contribution in [-0.4, -0.2) is 50.6 Å². The molecule has 0 aliphatic heterocycles. The minimum atomic E-state index is -3.74. The van der Waals surface area contributed by atoms with E-state index in [9.17, 15) is 18.0 Å². The van der Waals surface area contributed by atoms with E-state index in [1.54, 1.807) is 0 Å². The van der Waals surface area contributed by atoms with Gasteiger partial charge >= 0.3 is 5.97 Å². The van der Waals surface area contributed by atoms with Crippen molar-refractivity contribution in [2.45, 2.75) is 51.6 Å². The lowest BCUT2D eigenvalue weighted by Gasteiger charge is -2.27. The van der Waals surface area contributed by atoms with E-state index in [1.165, 1.54) is 12.0 Å². The summed E-state index contributed by atoms with van der Waals surface area (Å²) in [5.41, 5.74) is 0.868. The van der Waals surface area contributed by atoms with Gasteiger partial charge in [-0.25, -0.2) is 13.1 Å². The zero-order valence-corrected chi connectivity index (χ0v) is 17.4. The molecule has 1 amide bonds. The third-order valence-corrected chi connectivity index (χ3v) is 6.38. The molecule has 8 heteroatoms. The smallest absolute Gasteiger partial charge is 0.307 e. The van der Waals surface area contributed by atoms with Gasteiger partial charge in [0.2, 0.25) is 15.9 Å². The molecule has 1 aliphatic rings. The normalized spacial score (nSPS) is 19.8. The summed E-state index contributed by atoms with van der Waals surface area (Å²) in [6, 6.07) is 9.17. The molecule has 1 aromatic carbocycles. The van der Waals surface area contributed by atoms with Crippen LogP contribution in [0.15, 0.2) is 30.3 Å². The number of hydrogen-bond acceptors (Lipinski definition) is 5. The highest BCUT2D eigenvalue weighted by molar-refractivity contribution is 7.90. The van der Waals surface area contributed by atoms with Crippen LogP contribution in [0.2, 0.25) is 0 Å². The average Bonchev–Trinajstić information content (AvgIpc) is 2.66. The second-order valence-corrected chi connectivity index (χ2v) is 9.21. The minimum Gasteiger partial charge on any atom is -0.469 e. The second kappa shape index (κ2) is 10.6. The molecule has 156 valence electrons. The number of nitrogens with one attached hydrogen (secondary N) is 1. The molecule has 1 aromatic rings. The zero-order chi connectivity index (χ0) is 20.6. The molecule has 0 spiro atoms. The fourth-order valence-electron chi connectivity index (χ4n) is 3.35. The molecule has 0 unspecified atom stereocenters. The summed E-state index contributed by atoms with van der Waals surface area (Å²) < 4.78 is 32.3. The van der Waals surface area contributed by atoms with Gasteiger partial charge in [-0.2, -0.15) is 0 Å². The van der Waals surface area contributed by atoms with Gasteiger partial charge in [-0.1, -0.05) is 37.3 Å². The van der Waals surface area contributed by atoms with Crippen LogP contribution >= 0.6 is 0 Å². The summed E-state index contributed by atoms with van der Waals surface area (Å²) in [7, 11) is -2.45. The first-order valence-electron chi connectivity index (χ1n) is 9.67. The summed E-state index contributed by atoms with van der Waals surface area (Å²) in [6.45, 7) is 2.51. The highest BCUT2D eigenvalue weighted by Gasteiger charge is 2.27. The largest absolute Gasteiger partial charge is 0.469 e. The maximum Gasteiger partial charge on any atom is 0.307 e. The van der Waals surface area contributed by atoms with E-state index >= 15 is 0 Å². The highest BCUT2D eigenvalue weighted by Crippen LogP contribution is 2.23. The number of benzene rings is 1. The number of rotatable bonds is 9. The van der Waals surface area contributed by atoms with Crippen molar-refractivity contribution in [3.63, 3.8) is 0 Å². The lowest BCUT2D eigenvalue weighted by atomic mass is 9.88. The quantitative estimate of drug-likeness (QED) is 0.629. The Morgan fingerprint density at radius 1 is 1.14 bits per heavy atom. The average molecular weight is 411 g/mol. The van der Waals surface area contributed by atoms with Crippen molar-refractivity contribution in [2.75, 3.05) is 19.4 Å². The Morgan fingerprint density at radius 2 is 1.79 bits per heavy atom. The van der Waals surface area contributed by atoms with Crippen molar-refractivity contribution >= 4 is 21.9 Å². The van der Waals surface area contributed by atoms with Gasteiger partial charge in [-0.15, -0.1) is 0 Å². The molecule has 7 nitrogen and oxygen atoms in total. The van der Waals surface area contributed by atoms with Gasteiger partial charge in [0.1, 0.15) is 5.75 Å². The summed E-state index contributed by atoms with van der Waals surface area (Å²) in [5, 5.41) is 0. The molecule has 1 saturated carbocycles. The van der Waals surface area contributed by atoms with Gasteiger partial charge < -0.3 is 9.64 Å². The molecular formula is C20H30N2O5S. The van der Waals surface area contributed by atoms with Gasteiger partial charge in [-0.3, -0.25) is 9.59 Å². The molecule has 0 atom stereocenters. The molecule has 1 aliphatic carbocycles. The maximum absolute atomic E-state index is 12.7. The first-order chi connectivity index (χ1) is 13.3. The number of esters is 1. The van der Waals surface area contributed by atoms with Gasteiger partial charge in [0, 0.05) is 19.1 Å². The van der Waals surface area contributed by atoms with E-state index in [1.807, 2.05) is 30.3 Å². The van der Waals surface area contributed by atoms with Crippen LogP contribution in [0.4, 0.5) is 0 Å².